The Balaban J connectivity index is 2.14. The van der Waals surface area contributed by atoms with Gasteiger partial charge in [-0.25, -0.2) is 0 Å². The molecule has 1 atom stereocenters. The highest BCUT2D eigenvalue weighted by atomic mass is 16.7. The molecule has 0 aliphatic carbocycles. The van der Waals surface area contributed by atoms with E-state index in [-0.39, 0.29) is 18.6 Å². The van der Waals surface area contributed by atoms with Gasteiger partial charge in [0.1, 0.15) is 6.10 Å². The lowest BCUT2D eigenvalue weighted by molar-refractivity contribution is -0.197. The van der Waals surface area contributed by atoms with Gasteiger partial charge < -0.3 is 9.57 Å². The summed E-state index contributed by atoms with van der Waals surface area (Å²) >= 11 is 0. The molecule has 0 aromatic heterocycles. The molecular weight excluding hydrogens is 342 g/mol. The summed E-state index contributed by atoms with van der Waals surface area (Å²) in [6, 6.07) is 17.3. The molecule has 2 rings (SSSR count). The van der Waals surface area contributed by atoms with Gasteiger partial charge in [-0.05, 0) is 30.2 Å². The zero-order valence-corrected chi connectivity index (χ0v) is 15.8. The van der Waals surface area contributed by atoms with Gasteiger partial charge in [-0.3, -0.25) is 9.59 Å². The van der Waals surface area contributed by atoms with Crippen LogP contribution in [-0.4, -0.2) is 23.5 Å². The first-order valence-electron chi connectivity index (χ1n) is 8.73. The van der Waals surface area contributed by atoms with Crippen LogP contribution in [0.2, 0.25) is 0 Å². The second-order valence-corrected chi connectivity index (χ2v) is 5.85. The molecule has 0 radical (unpaired) electrons. The highest BCUT2D eigenvalue weighted by Crippen LogP contribution is 2.18. The van der Waals surface area contributed by atoms with Crippen LogP contribution < -0.4 is 0 Å². The van der Waals surface area contributed by atoms with Crippen molar-refractivity contribution in [2.45, 2.75) is 33.4 Å². The van der Waals surface area contributed by atoms with Crippen LogP contribution in [0.4, 0.5) is 0 Å². The van der Waals surface area contributed by atoms with Crippen LogP contribution in [0.3, 0.4) is 0 Å². The second kappa shape index (κ2) is 10.1. The molecule has 0 spiro atoms. The molecule has 140 valence electrons. The number of hydrogen-bond acceptors (Lipinski definition) is 4. The van der Waals surface area contributed by atoms with E-state index in [1.165, 1.54) is 13.8 Å². The van der Waals surface area contributed by atoms with Crippen molar-refractivity contribution >= 4 is 11.9 Å². The van der Waals surface area contributed by atoms with Crippen LogP contribution in [0, 0.1) is 11.8 Å². The Bertz CT molecular complexity index is 819. The van der Waals surface area contributed by atoms with E-state index in [2.05, 4.69) is 11.8 Å². The van der Waals surface area contributed by atoms with Crippen LogP contribution >= 0.6 is 0 Å². The molecule has 5 nitrogen and oxygen atoms in total. The maximum absolute atomic E-state index is 11.6. The summed E-state index contributed by atoms with van der Waals surface area (Å²) in [6.45, 7) is 5.26. The Labute approximate surface area is 159 Å². The Morgan fingerprint density at radius 3 is 2.26 bits per heavy atom. The lowest BCUT2D eigenvalue weighted by atomic mass is 10.1. The van der Waals surface area contributed by atoms with Crippen molar-refractivity contribution in [3.63, 3.8) is 0 Å². The number of hydrogen-bond donors (Lipinski definition) is 0. The topological polar surface area (TPSA) is 55.8 Å². The number of ether oxygens (including phenoxy) is 1. The molecule has 2 aromatic rings. The van der Waals surface area contributed by atoms with Gasteiger partial charge >= 0.3 is 5.97 Å². The monoisotopic (exact) mass is 365 g/mol. The first kappa shape index (κ1) is 20.2. The van der Waals surface area contributed by atoms with Crippen molar-refractivity contribution in [2.24, 2.45) is 0 Å². The van der Waals surface area contributed by atoms with E-state index < -0.39 is 5.97 Å². The third-order valence-electron chi connectivity index (χ3n) is 3.65. The van der Waals surface area contributed by atoms with Crippen molar-refractivity contribution < 1.29 is 19.2 Å². The fourth-order valence-corrected chi connectivity index (χ4v) is 2.38. The van der Waals surface area contributed by atoms with E-state index in [0.29, 0.717) is 6.61 Å². The molecule has 0 aliphatic heterocycles. The molecule has 0 bridgehead atoms. The molecule has 0 N–H and O–H groups in total. The summed E-state index contributed by atoms with van der Waals surface area (Å²) in [4.78, 5) is 27.6. The zero-order valence-electron chi connectivity index (χ0n) is 15.8. The van der Waals surface area contributed by atoms with Crippen LogP contribution in [0.5, 0.6) is 0 Å². The standard InChI is InChI=1S/C22H23NO4/c1-4-26-22(15-12-19-8-6-5-7-9-19)21-13-10-20(11-14-21)16-23(17(2)24)27-18(3)25/h5-11,13-14,22H,4,16H2,1-3H3. The fourth-order valence-electron chi connectivity index (χ4n) is 2.38. The van der Waals surface area contributed by atoms with E-state index in [1.807, 2.05) is 61.5 Å². The van der Waals surface area contributed by atoms with Gasteiger partial charge in [0.05, 0.1) is 6.54 Å². The predicted octanol–water partition coefficient (Wildman–Crippen LogP) is 3.64. The van der Waals surface area contributed by atoms with Crippen LogP contribution in [0.25, 0.3) is 0 Å². The minimum absolute atomic E-state index is 0.185. The van der Waals surface area contributed by atoms with E-state index in [4.69, 9.17) is 9.57 Å². The number of nitrogens with zero attached hydrogens (tertiary/aromatic N) is 1. The molecule has 0 fully saturated rings. The average molecular weight is 365 g/mol. The first-order valence-corrected chi connectivity index (χ1v) is 8.73. The number of carbonyl (C=O) groups is 2. The van der Waals surface area contributed by atoms with E-state index >= 15 is 0 Å². The Kier molecular flexibility index (Phi) is 7.60. The second-order valence-electron chi connectivity index (χ2n) is 5.85. The summed E-state index contributed by atoms with van der Waals surface area (Å²) in [5.74, 6) is 5.41. The van der Waals surface area contributed by atoms with Crippen LogP contribution in [0.15, 0.2) is 54.6 Å². The number of benzene rings is 2. The molecule has 1 unspecified atom stereocenters. The maximum atomic E-state index is 11.6. The summed E-state index contributed by atoms with van der Waals surface area (Å²) in [5.41, 5.74) is 2.68. The minimum Gasteiger partial charge on any atom is -0.361 e. The highest BCUT2D eigenvalue weighted by Gasteiger charge is 2.14. The number of carbonyl (C=O) groups excluding carboxylic acids is 2. The normalized spacial score (nSPS) is 11.1. The summed E-state index contributed by atoms with van der Waals surface area (Å²) in [5, 5.41) is 1.03. The SMILES string of the molecule is CCOC(C#Cc1ccccc1)c1ccc(CN(OC(C)=O)C(C)=O)cc1. The highest BCUT2D eigenvalue weighted by molar-refractivity contribution is 5.75. The molecule has 1 amide bonds. The summed E-state index contributed by atoms with van der Waals surface area (Å²) < 4.78 is 5.75. The average Bonchev–Trinajstić information content (AvgIpc) is 2.66. The Morgan fingerprint density at radius 2 is 1.70 bits per heavy atom. The summed E-state index contributed by atoms with van der Waals surface area (Å²) in [6.07, 6.45) is -0.346. The molecule has 0 saturated heterocycles. The third kappa shape index (κ3) is 6.61. The zero-order chi connectivity index (χ0) is 19.6. The molecular formula is C22H23NO4. The van der Waals surface area contributed by atoms with E-state index in [0.717, 1.165) is 21.8 Å². The maximum Gasteiger partial charge on any atom is 0.329 e. The lowest BCUT2D eigenvalue weighted by Crippen LogP contribution is -2.30. The van der Waals surface area contributed by atoms with Crippen molar-refractivity contribution in [2.75, 3.05) is 6.61 Å². The minimum atomic E-state index is -0.533. The quantitative estimate of drug-likeness (QED) is 0.600. The Morgan fingerprint density at radius 1 is 1.04 bits per heavy atom. The Hall–Kier alpha value is -3.10. The van der Waals surface area contributed by atoms with Crippen LogP contribution in [-0.2, 0) is 25.7 Å². The molecule has 5 heteroatoms. The lowest BCUT2D eigenvalue weighted by Gasteiger charge is -2.19. The molecule has 0 saturated carbocycles. The van der Waals surface area contributed by atoms with Gasteiger partial charge in [0, 0.05) is 26.0 Å². The predicted molar refractivity (Wildman–Crippen MR) is 102 cm³/mol. The van der Waals surface area contributed by atoms with E-state index in [1.54, 1.807) is 0 Å². The van der Waals surface area contributed by atoms with Crippen molar-refractivity contribution in [1.82, 2.24) is 5.06 Å². The van der Waals surface area contributed by atoms with Gasteiger partial charge in [0.2, 0.25) is 0 Å². The van der Waals surface area contributed by atoms with Crippen molar-refractivity contribution in [1.29, 1.82) is 0 Å². The van der Waals surface area contributed by atoms with Gasteiger partial charge in [-0.1, -0.05) is 54.3 Å². The van der Waals surface area contributed by atoms with Gasteiger partial charge in [-0.2, -0.15) is 5.06 Å². The third-order valence-corrected chi connectivity index (χ3v) is 3.65. The number of rotatable bonds is 5. The van der Waals surface area contributed by atoms with Gasteiger partial charge in [0.25, 0.3) is 5.91 Å². The van der Waals surface area contributed by atoms with Crippen molar-refractivity contribution in [3.8, 4) is 11.8 Å². The molecule has 27 heavy (non-hydrogen) atoms. The molecule has 0 aliphatic rings. The number of amides is 1. The summed E-state index contributed by atoms with van der Waals surface area (Å²) in [7, 11) is 0. The molecule has 2 aromatic carbocycles. The smallest absolute Gasteiger partial charge is 0.329 e. The first-order chi connectivity index (χ1) is 13.0. The molecule has 0 heterocycles. The van der Waals surface area contributed by atoms with Gasteiger partial charge in [-0.15, -0.1) is 0 Å². The van der Waals surface area contributed by atoms with E-state index in [9.17, 15) is 9.59 Å². The van der Waals surface area contributed by atoms with Gasteiger partial charge in [0.15, 0.2) is 0 Å². The van der Waals surface area contributed by atoms with Crippen LogP contribution in [0.1, 0.15) is 43.6 Å². The largest absolute Gasteiger partial charge is 0.361 e. The number of hydroxylamine groups is 2. The van der Waals surface area contributed by atoms with Crippen molar-refractivity contribution in [3.05, 3.63) is 71.3 Å². The fraction of sp³-hybridized carbons (Fsp3) is 0.273.